The molecule has 0 aliphatic carbocycles. The SMILES string of the molecule is CC(C)(O[Si](C)(C)C(C)(C)C)C1CCc2nn(Cc3ccccc3)c[n+]21. The number of rotatable bonds is 5. The predicted molar refractivity (Wildman–Crippen MR) is 108 cm³/mol. The molecule has 1 aromatic carbocycles. The van der Waals surface area contributed by atoms with Crippen LogP contribution in [0.25, 0.3) is 0 Å². The lowest BCUT2D eigenvalue weighted by atomic mass is 9.97. The van der Waals surface area contributed by atoms with Crippen molar-refractivity contribution in [3.8, 4) is 0 Å². The van der Waals surface area contributed by atoms with Crippen molar-refractivity contribution in [3.63, 3.8) is 0 Å². The van der Waals surface area contributed by atoms with E-state index in [0.29, 0.717) is 6.04 Å². The number of aromatic nitrogens is 3. The quantitative estimate of drug-likeness (QED) is 0.571. The second-order valence-electron chi connectivity index (χ2n) is 9.64. The number of benzene rings is 1. The number of aryl methyl sites for hydroxylation is 1. The molecule has 1 aliphatic heterocycles. The van der Waals surface area contributed by atoms with Crippen molar-refractivity contribution in [2.24, 2.45) is 0 Å². The molecule has 0 amide bonds. The molecule has 142 valence electrons. The Morgan fingerprint density at radius 3 is 2.42 bits per heavy atom. The monoisotopic (exact) mass is 372 g/mol. The van der Waals surface area contributed by atoms with Gasteiger partial charge in [-0.15, -0.1) is 4.68 Å². The fourth-order valence-electron chi connectivity index (χ4n) is 3.69. The molecule has 3 rings (SSSR count). The summed E-state index contributed by atoms with van der Waals surface area (Å²) in [5.41, 5.74) is 1.09. The summed E-state index contributed by atoms with van der Waals surface area (Å²) < 4.78 is 11.3. The van der Waals surface area contributed by atoms with E-state index in [9.17, 15) is 0 Å². The highest BCUT2D eigenvalue weighted by atomic mass is 28.4. The van der Waals surface area contributed by atoms with Crippen molar-refractivity contribution >= 4 is 8.32 Å². The molecule has 0 radical (unpaired) electrons. The van der Waals surface area contributed by atoms with E-state index in [2.05, 4.69) is 93.6 Å². The van der Waals surface area contributed by atoms with E-state index in [4.69, 9.17) is 9.52 Å². The van der Waals surface area contributed by atoms with Gasteiger partial charge in [0, 0.05) is 11.5 Å². The number of hydrogen-bond donors (Lipinski definition) is 0. The van der Waals surface area contributed by atoms with E-state index in [1.54, 1.807) is 0 Å². The molecule has 1 unspecified atom stereocenters. The van der Waals surface area contributed by atoms with Crippen LogP contribution in [-0.2, 0) is 17.4 Å². The van der Waals surface area contributed by atoms with E-state index in [1.807, 2.05) is 0 Å². The summed E-state index contributed by atoms with van der Waals surface area (Å²) in [4.78, 5) is 0. The molecule has 0 N–H and O–H groups in total. The minimum atomic E-state index is -1.82. The third-order valence-electron chi connectivity index (χ3n) is 6.09. The van der Waals surface area contributed by atoms with Crippen LogP contribution in [0, 0.1) is 0 Å². The third kappa shape index (κ3) is 3.79. The number of hydrogen-bond acceptors (Lipinski definition) is 2. The van der Waals surface area contributed by atoms with Gasteiger partial charge in [-0.05, 0) is 44.0 Å². The average Bonchev–Trinajstić information content (AvgIpc) is 3.05. The van der Waals surface area contributed by atoms with Gasteiger partial charge in [0.2, 0.25) is 6.33 Å². The van der Waals surface area contributed by atoms with Crippen molar-refractivity contribution in [2.75, 3.05) is 0 Å². The van der Waals surface area contributed by atoms with Crippen LogP contribution in [0.5, 0.6) is 0 Å². The molecular weight excluding hydrogens is 338 g/mol. The lowest BCUT2D eigenvalue weighted by molar-refractivity contribution is -0.729. The van der Waals surface area contributed by atoms with Gasteiger partial charge < -0.3 is 4.43 Å². The lowest BCUT2D eigenvalue weighted by Gasteiger charge is -2.44. The zero-order valence-electron chi connectivity index (χ0n) is 17.4. The van der Waals surface area contributed by atoms with Gasteiger partial charge in [-0.1, -0.05) is 51.1 Å². The topological polar surface area (TPSA) is 30.9 Å². The zero-order valence-corrected chi connectivity index (χ0v) is 18.4. The van der Waals surface area contributed by atoms with Crippen LogP contribution < -0.4 is 4.57 Å². The smallest absolute Gasteiger partial charge is 0.277 e. The molecule has 0 saturated carbocycles. The molecule has 0 bridgehead atoms. The third-order valence-corrected chi connectivity index (χ3v) is 10.7. The molecule has 1 atom stereocenters. The summed E-state index contributed by atoms with van der Waals surface area (Å²) in [7, 11) is -1.82. The largest absolute Gasteiger partial charge is 0.408 e. The van der Waals surface area contributed by atoms with Gasteiger partial charge >= 0.3 is 0 Å². The fourth-order valence-corrected chi connectivity index (χ4v) is 5.45. The molecule has 2 aromatic rings. The molecule has 1 aliphatic rings. The number of fused-ring (bicyclic) bond motifs is 1. The Bertz CT molecular complexity index is 759. The predicted octanol–water partition coefficient (Wildman–Crippen LogP) is 4.51. The van der Waals surface area contributed by atoms with Gasteiger partial charge in [-0.2, -0.15) is 0 Å². The normalized spacial score (nSPS) is 18.2. The molecule has 26 heavy (non-hydrogen) atoms. The van der Waals surface area contributed by atoms with Gasteiger partial charge in [0.25, 0.3) is 5.82 Å². The highest BCUT2D eigenvalue weighted by Crippen LogP contribution is 2.42. The first kappa shape index (κ1) is 19.3. The Morgan fingerprint density at radius 2 is 1.81 bits per heavy atom. The van der Waals surface area contributed by atoms with Gasteiger partial charge in [0.1, 0.15) is 12.6 Å². The van der Waals surface area contributed by atoms with Crippen LogP contribution in [-0.4, -0.2) is 23.7 Å². The van der Waals surface area contributed by atoms with E-state index < -0.39 is 8.32 Å². The Hall–Kier alpha value is -1.46. The maximum atomic E-state index is 6.84. The van der Waals surface area contributed by atoms with Crippen molar-refractivity contribution in [2.45, 2.75) is 83.8 Å². The van der Waals surface area contributed by atoms with Gasteiger partial charge in [0.15, 0.2) is 8.32 Å². The zero-order chi connectivity index (χ0) is 19.2. The van der Waals surface area contributed by atoms with Crippen LogP contribution in [0.3, 0.4) is 0 Å². The van der Waals surface area contributed by atoms with Crippen molar-refractivity contribution in [1.82, 2.24) is 9.78 Å². The Labute approximate surface area is 159 Å². The van der Waals surface area contributed by atoms with Crippen LogP contribution in [0.4, 0.5) is 0 Å². The van der Waals surface area contributed by atoms with Crippen molar-refractivity contribution in [1.29, 1.82) is 0 Å². The average molecular weight is 373 g/mol. The van der Waals surface area contributed by atoms with Gasteiger partial charge in [-0.3, -0.25) is 0 Å². The fraction of sp³-hybridized carbons (Fsp3) is 0.619. The highest BCUT2D eigenvalue weighted by molar-refractivity contribution is 6.74. The molecule has 2 heterocycles. The highest BCUT2D eigenvalue weighted by Gasteiger charge is 2.48. The molecule has 0 saturated heterocycles. The Balaban J connectivity index is 1.80. The minimum Gasteiger partial charge on any atom is -0.408 e. The lowest BCUT2D eigenvalue weighted by Crippen LogP contribution is -2.55. The minimum absolute atomic E-state index is 0.195. The summed E-state index contributed by atoms with van der Waals surface area (Å²) in [6, 6.07) is 10.9. The summed E-state index contributed by atoms with van der Waals surface area (Å²) in [6.45, 7) is 16.9. The van der Waals surface area contributed by atoms with E-state index in [0.717, 1.165) is 19.4 Å². The molecule has 4 nitrogen and oxygen atoms in total. The maximum absolute atomic E-state index is 6.84. The first-order valence-corrected chi connectivity index (χ1v) is 12.6. The standard InChI is InChI=1S/C21H34N3OSi/c1-20(2,3)26(6,7)25-21(4,5)18-13-14-19-22-23(16-24(18)19)15-17-11-9-8-10-12-17/h8-12,16,18H,13-15H2,1-7H3/q+1. The van der Waals surface area contributed by atoms with E-state index in [1.165, 1.54) is 11.4 Å². The Morgan fingerprint density at radius 1 is 1.15 bits per heavy atom. The summed E-state index contributed by atoms with van der Waals surface area (Å²) in [6.07, 6.45) is 4.31. The van der Waals surface area contributed by atoms with Crippen molar-refractivity contribution < 1.29 is 8.99 Å². The van der Waals surface area contributed by atoms with Crippen molar-refractivity contribution in [3.05, 3.63) is 48.0 Å². The first-order chi connectivity index (χ1) is 12.0. The molecule has 1 aromatic heterocycles. The second-order valence-corrected chi connectivity index (χ2v) is 14.4. The van der Waals surface area contributed by atoms with Crippen LogP contribution in [0.15, 0.2) is 36.7 Å². The van der Waals surface area contributed by atoms with Crippen LogP contribution >= 0.6 is 0 Å². The summed E-state index contributed by atoms with van der Waals surface area (Å²) >= 11 is 0. The molecular formula is C21H34N3OSi+. The first-order valence-electron chi connectivity index (χ1n) is 9.71. The van der Waals surface area contributed by atoms with E-state index in [-0.39, 0.29) is 10.6 Å². The molecule has 5 heteroatoms. The summed E-state index contributed by atoms with van der Waals surface area (Å²) in [5, 5.41) is 5.05. The number of nitrogens with zero attached hydrogens (tertiary/aromatic N) is 3. The Kier molecular flexibility index (Phi) is 4.91. The molecule has 0 spiro atoms. The molecule has 0 fully saturated rings. The van der Waals surface area contributed by atoms with Crippen LogP contribution in [0.2, 0.25) is 18.1 Å². The van der Waals surface area contributed by atoms with Crippen LogP contribution in [0.1, 0.15) is 58.5 Å². The second kappa shape index (κ2) is 6.61. The van der Waals surface area contributed by atoms with Gasteiger partial charge in [-0.25, -0.2) is 4.57 Å². The van der Waals surface area contributed by atoms with Gasteiger partial charge in [0.05, 0.1) is 5.60 Å². The summed E-state index contributed by atoms with van der Waals surface area (Å²) in [5.74, 6) is 1.18. The maximum Gasteiger partial charge on any atom is 0.277 e. The van der Waals surface area contributed by atoms with E-state index >= 15 is 0 Å².